The topological polar surface area (TPSA) is 89.5 Å². The third kappa shape index (κ3) is 5.72. The molecule has 0 atom stereocenters. The highest BCUT2D eigenvalue weighted by atomic mass is 32.2. The standard InChI is InChI=1S/C18H19NO5S/c1-24-18(21)15-8-6-13(7-9-15)11-19-17(20)16-5-3-4-14(10-16)12-25(2,22)23/h3-10H,11-12H2,1-2H3,(H,19,20). The van der Waals surface area contributed by atoms with E-state index in [1.165, 1.54) is 7.11 Å². The summed E-state index contributed by atoms with van der Waals surface area (Å²) in [5, 5.41) is 2.76. The molecule has 0 aliphatic heterocycles. The van der Waals surface area contributed by atoms with Crippen molar-refractivity contribution >= 4 is 21.7 Å². The maximum Gasteiger partial charge on any atom is 0.337 e. The molecule has 132 valence electrons. The Morgan fingerprint density at radius 2 is 1.68 bits per heavy atom. The van der Waals surface area contributed by atoms with E-state index in [1.54, 1.807) is 48.5 Å². The van der Waals surface area contributed by atoms with Gasteiger partial charge >= 0.3 is 5.97 Å². The molecule has 2 aromatic rings. The lowest BCUT2D eigenvalue weighted by Crippen LogP contribution is -2.23. The lowest BCUT2D eigenvalue weighted by Gasteiger charge is -2.08. The summed E-state index contributed by atoms with van der Waals surface area (Å²) >= 11 is 0. The Bertz CT molecular complexity index is 873. The van der Waals surface area contributed by atoms with Gasteiger partial charge in [0.05, 0.1) is 18.4 Å². The molecule has 0 radical (unpaired) electrons. The van der Waals surface area contributed by atoms with Gasteiger partial charge in [-0.3, -0.25) is 4.79 Å². The summed E-state index contributed by atoms with van der Waals surface area (Å²) in [5.74, 6) is -0.825. The molecular formula is C18H19NO5S. The van der Waals surface area contributed by atoms with Gasteiger partial charge in [0.15, 0.2) is 9.84 Å². The summed E-state index contributed by atoms with van der Waals surface area (Å²) in [6.45, 7) is 0.288. The van der Waals surface area contributed by atoms with Crippen molar-refractivity contribution in [2.75, 3.05) is 13.4 Å². The lowest BCUT2D eigenvalue weighted by molar-refractivity contribution is 0.0600. The summed E-state index contributed by atoms with van der Waals surface area (Å²) in [6, 6.07) is 13.2. The predicted molar refractivity (Wildman–Crippen MR) is 93.9 cm³/mol. The number of sulfone groups is 1. The monoisotopic (exact) mass is 361 g/mol. The first-order valence-electron chi connectivity index (χ1n) is 7.50. The molecule has 0 heterocycles. The first-order valence-corrected chi connectivity index (χ1v) is 9.56. The summed E-state index contributed by atoms with van der Waals surface area (Å²) in [7, 11) is -1.84. The molecule has 0 saturated heterocycles. The average Bonchev–Trinajstić information content (AvgIpc) is 2.58. The number of carbonyl (C=O) groups excluding carboxylic acids is 2. The van der Waals surface area contributed by atoms with Crippen LogP contribution < -0.4 is 5.32 Å². The Morgan fingerprint density at radius 1 is 1.00 bits per heavy atom. The van der Waals surface area contributed by atoms with Gasteiger partial charge < -0.3 is 10.1 Å². The predicted octanol–water partition coefficient (Wildman–Crippen LogP) is 1.95. The molecule has 0 unspecified atom stereocenters. The van der Waals surface area contributed by atoms with Crippen LogP contribution in [0.4, 0.5) is 0 Å². The van der Waals surface area contributed by atoms with Gasteiger partial charge in [0, 0.05) is 18.4 Å². The van der Waals surface area contributed by atoms with E-state index in [9.17, 15) is 18.0 Å². The number of hydrogen-bond donors (Lipinski definition) is 1. The normalized spacial score (nSPS) is 11.0. The number of nitrogens with one attached hydrogen (secondary N) is 1. The van der Waals surface area contributed by atoms with E-state index in [1.807, 2.05) is 0 Å². The summed E-state index contributed by atoms with van der Waals surface area (Å²) in [5.41, 5.74) is 2.23. The van der Waals surface area contributed by atoms with Gasteiger partial charge in [-0.05, 0) is 35.4 Å². The van der Waals surface area contributed by atoms with Gasteiger partial charge in [-0.2, -0.15) is 0 Å². The molecular weight excluding hydrogens is 342 g/mol. The van der Waals surface area contributed by atoms with E-state index in [2.05, 4.69) is 10.1 Å². The van der Waals surface area contributed by atoms with Gasteiger partial charge in [0.2, 0.25) is 0 Å². The molecule has 6 nitrogen and oxygen atoms in total. The SMILES string of the molecule is COC(=O)c1ccc(CNC(=O)c2cccc(CS(C)(=O)=O)c2)cc1. The van der Waals surface area contributed by atoms with Crippen molar-refractivity contribution in [2.45, 2.75) is 12.3 Å². The highest BCUT2D eigenvalue weighted by Gasteiger charge is 2.10. The molecule has 2 rings (SSSR count). The van der Waals surface area contributed by atoms with Crippen molar-refractivity contribution in [1.82, 2.24) is 5.32 Å². The van der Waals surface area contributed by atoms with Crippen molar-refractivity contribution in [3.05, 3.63) is 70.8 Å². The molecule has 0 bridgehead atoms. The highest BCUT2D eigenvalue weighted by Crippen LogP contribution is 2.10. The van der Waals surface area contributed by atoms with Crippen LogP contribution in [0.2, 0.25) is 0 Å². The van der Waals surface area contributed by atoms with E-state index in [4.69, 9.17) is 0 Å². The fourth-order valence-corrected chi connectivity index (χ4v) is 3.05. The van der Waals surface area contributed by atoms with Crippen molar-refractivity contribution in [2.24, 2.45) is 0 Å². The minimum atomic E-state index is -3.16. The quantitative estimate of drug-likeness (QED) is 0.794. The summed E-state index contributed by atoms with van der Waals surface area (Å²) in [4.78, 5) is 23.6. The van der Waals surface area contributed by atoms with Gasteiger partial charge in [-0.1, -0.05) is 24.3 Å². The van der Waals surface area contributed by atoms with E-state index >= 15 is 0 Å². The van der Waals surface area contributed by atoms with Crippen LogP contribution in [-0.2, 0) is 26.9 Å². The molecule has 0 spiro atoms. The summed E-state index contributed by atoms with van der Waals surface area (Å²) in [6.07, 6.45) is 1.15. The molecule has 1 amide bonds. The minimum Gasteiger partial charge on any atom is -0.465 e. The molecule has 1 N–H and O–H groups in total. The van der Waals surface area contributed by atoms with Crippen molar-refractivity contribution in [3.63, 3.8) is 0 Å². The van der Waals surface area contributed by atoms with Crippen LogP contribution in [0, 0.1) is 0 Å². The molecule has 0 aliphatic carbocycles. The number of benzene rings is 2. The van der Waals surface area contributed by atoms with E-state index in [0.717, 1.165) is 11.8 Å². The minimum absolute atomic E-state index is 0.108. The summed E-state index contributed by atoms with van der Waals surface area (Å²) < 4.78 is 27.3. The zero-order valence-corrected chi connectivity index (χ0v) is 14.8. The molecule has 25 heavy (non-hydrogen) atoms. The first kappa shape index (κ1) is 18.7. The van der Waals surface area contributed by atoms with Crippen molar-refractivity contribution in [3.8, 4) is 0 Å². The maximum absolute atomic E-state index is 12.2. The number of ether oxygens (including phenoxy) is 1. The molecule has 2 aromatic carbocycles. The van der Waals surface area contributed by atoms with Crippen molar-refractivity contribution < 1.29 is 22.7 Å². The van der Waals surface area contributed by atoms with Gasteiger partial charge in [0.25, 0.3) is 5.91 Å². The van der Waals surface area contributed by atoms with Crippen LogP contribution >= 0.6 is 0 Å². The maximum atomic E-state index is 12.2. The Hall–Kier alpha value is -2.67. The first-order chi connectivity index (χ1) is 11.8. The second-order valence-electron chi connectivity index (χ2n) is 5.64. The van der Waals surface area contributed by atoms with Gasteiger partial charge in [-0.25, -0.2) is 13.2 Å². The van der Waals surface area contributed by atoms with Crippen LogP contribution in [0.25, 0.3) is 0 Å². The molecule has 0 saturated carbocycles. The Labute approximate surface area is 146 Å². The molecule has 0 aliphatic rings. The van der Waals surface area contributed by atoms with E-state index in [-0.39, 0.29) is 18.2 Å². The smallest absolute Gasteiger partial charge is 0.337 e. The number of amides is 1. The zero-order valence-electron chi connectivity index (χ0n) is 14.0. The number of methoxy groups -OCH3 is 1. The lowest BCUT2D eigenvalue weighted by atomic mass is 10.1. The van der Waals surface area contributed by atoms with Gasteiger partial charge in [0.1, 0.15) is 0 Å². The third-order valence-corrected chi connectivity index (χ3v) is 4.30. The fourth-order valence-electron chi connectivity index (χ4n) is 2.27. The number of carbonyl (C=O) groups is 2. The van der Waals surface area contributed by atoms with Crippen molar-refractivity contribution in [1.29, 1.82) is 0 Å². The average molecular weight is 361 g/mol. The number of hydrogen-bond acceptors (Lipinski definition) is 5. The largest absolute Gasteiger partial charge is 0.465 e. The van der Waals surface area contributed by atoms with Crippen LogP contribution in [-0.4, -0.2) is 33.7 Å². The third-order valence-electron chi connectivity index (χ3n) is 3.45. The second-order valence-corrected chi connectivity index (χ2v) is 7.78. The Balaban J connectivity index is 2.00. The van der Waals surface area contributed by atoms with Crippen LogP contribution in [0.1, 0.15) is 31.8 Å². The highest BCUT2D eigenvalue weighted by molar-refractivity contribution is 7.89. The second kappa shape index (κ2) is 7.94. The van der Waals surface area contributed by atoms with Crippen LogP contribution in [0.3, 0.4) is 0 Å². The van der Waals surface area contributed by atoms with Gasteiger partial charge in [-0.15, -0.1) is 0 Å². The zero-order chi connectivity index (χ0) is 18.4. The van der Waals surface area contributed by atoms with Crippen LogP contribution in [0.15, 0.2) is 48.5 Å². The van der Waals surface area contributed by atoms with E-state index < -0.39 is 15.8 Å². The Morgan fingerprint density at radius 3 is 2.28 bits per heavy atom. The Kier molecular flexibility index (Phi) is 5.93. The van der Waals surface area contributed by atoms with E-state index in [0.29, 0.717) is 16.7 Å². The molecule has 7 heteroatoms. The van der Waals surface area contributed by atoms with Crippen LogP contribution in [0.5, 0.6) is 0 Å². The molecule has 0 aromatic heterocycles. The number of esters is 1. The number of rotatable bonds is 6. The fraction of sp³-hybridized carbons (Fsp3) is 0.222. The molecule has 0 fully saturated rings.